The van der Waals surface area contributed by atoms with Crippen molar-refractivity contribution in [1.82, 2.24) is 0 Å². The molecule has 0 rings (SSSR count). The molecule has 0 bridgehead atoms. The average molecular weight is 342 g/mol. The minimum absolute atomic E-state index is 0.00326. The van der Waals surface area contributed by atoms with E-state index in [1.54, 1.807) is 0 Å². The van der Waals surface area contributed by atoms with Crippen LogP contribution in [0, 0.1) is 0 Å². The Balaban J connectivity index is 3.28. The molecule has 6 nitrogen and oxygen atoms in total. The quantitative estimate of drug-likeness (QED) is 0.336. The van der Waals surface area contributed by atoms with Gasteiger partial charge in [-0.25, -0.2) is 0 Å². The van der Waals surface area contributed by atoms with Crippen LogP contribution in [0.25, 0.3) is 0 Å². The molecule has 0 saturated heterocycles. The maximum atomic E-state index is 11.3. The number of rotatable bonds is 15. The number of carbonyl (C=O) groups excluding carboxylic acids is 4. The third kappa shape index (κ3) is 16.6. The van der Waals surface area contributed by atoms with Crippen LogP contribution in [0.5, 0.6) is 0 Å². The van der Waals surface area contributed by atoms with Crippen molar-refractivity contribution in [1.29, 1.82) is 0 Å². The number of carbonyl (C=O) groups is 4. The van der Waals surface area contributed by atoms with E-state index in [9.17, 15) is 19.2 Å². The first-order valence-corrected chi connectivity index (χ1v) is 8.72. The fraction of sp³-hybridized carbons (Fsp3) is 0.778. The molecule has 0 fully saturated rings. The molecule has 0 aliphatic heterocycles. The van der Waals surface area contributed by atoms with Crippen LogP contribution in [0.2, 0.25) is 0 Å². The fourth-order valence-electron chi connectivity index (χ4n) is 1.98. The first kappa shape index (κ1) is 22.3. The van der Waals surface area contributed by atoms with Gasteiger partial charge in [0.2, 0.25) is 0 Å². The molecule has 0 aliphatic rings. The summed E-state index contributed by atoms with van der Waals surface area (Å²) in [5.41, 5.74) is 0. The van der Waals surface area contributed by atoms with Crippen LogP contribution in [-0.4, -0.2) is 36.7 Å². The molecule has 6 heteroatoms. The van der Waals surface area contributed by atoms with Crippen molar-refractivity contribution in [3.8, 4) is 0 Å². The van der Waals surface area contributed by atoms with Crippen LogP contribution in [-0.2, 0) is 28.7 Å². The van der Waals surface area contributed by atoms with E-state index in [2.05, 4.69) is 0 Å². The number of Topliss-reactive ketones (excluding diaryl/α,β-unsaturated/α-hetero) is 2. The Morgan fingerprint density at radius 1 is 0.542 bits per heavy atom. The summed E-state index contributed by atoms with van der Waals surface area (Å²) >= 11 is 0. The Kier molecular flexibility index (Phi) is 13.8. The lowest BCUT2D eigenvalue weighted by Crippen LogP contribution is -2.07. The third-order valence-corrected chi connectivity index (χ3v) is 3.43. The van der Waals surface area contributed by atoms with Crippen molar-refractivity contribution in [2.45, 2.75) is 78.1 Å². The monoisotopic (exact) mass is 342 g/mol. The maximum absolute atomic E-state index is 11.3. The van der Waals surface area contributed by atoms with E-state index in [0.717, 1.165) is 38.5 Å². The van der Waals surface area contributed by atoms with Gasteiger partial charge in [0.05, 0.1) is 26.1 Å². The molecule has 0 aromatic rings. The molecule has 0 aromatic carbocycles. The Bertz CT molecular complexity index is 364. The van der Waals surface area contributed by atoms with E-state index in [1.807, 2.05) is 0 Å². The van der Waals surface area contributed by atoms with Gasteiger partial charge in [-0.15, -0.1) is 0 Å². The van der Waals surface area contributed by atoms with Crippen molar-refractivity contribution in [2.75, 3.05) is 13.2 Å². The van der Waals surface area contributed by atoms with E-state index in [-0.39, 0.29) is 49.2 Å². The molecule has 24 heavy (non-hydrogen) atoms. The lowest BCUT2D eigenvalue weighted by Gasteiger charge is -2.05. The van der Waals surface area contributed by atoms with Gasteiger partial charge in [0.25, 0.3) is 0 Å². The Morgan fingerprint density at radius 2 is 0.875 bits per heavy atom. The predicted molar refractivity (Wildman–Crippen MR) is 89.5 cm³/mol. The Hall–Kier alpha value is -1.72. The highest BCUT2D eigenvalue weighted by Crippen LogP contribution is 2.07. The molecular weight excluding hydrogens is 312 g/mol. The smallest absolute Gasteiger partial charge is 0.306 e. The zero-order valence-electron chi connectivity index (χ0n) is 14.9. The summed E-state index contributed by atoms with van der Waals surface area (Å²) in [6.45, 7) is 3.73. The molecule has 0 saturated carbocycles. The number of unbranched alkanes of at least 4 members (excludes halogenated alkanes) is 5. The van der Waals surface area contributed by atoms with Gasteiger partial charge in [-0.05, 0) is 26.7 Å². The molecule has 138 valence electrons. The molecule has 0 aromatic heterocycles. The molecule has 0 unspecified atom stereocenters. The summed E-state index contributed by atoms with van der Waals surface area (Å²) in [6.07, 6.45) is 6.54. The first-order chi connectivity index (χ1) is 11.4. The number of ketones is 2. The summed E-state index contributed by atoms with van der Waals surface area (Å²) in [4.78, 5) is 44.0. The maximum Gasteiger partial charge on any atom is 0.306 e. The topological polar surface area (TPSA) is 86.7 Å². The van der Waals surface area contributed by atoms with Crippen molar-refractivity contribution in [2.24, 2.45) is 0 Å². The molecule has 0 amide bonds. The molecule has 0 radical (unpaired) electrons. The Labute approximate surface area is 144 Å². The van der Waals surface area contributed by atoms with Gasteiger partial charge in [-0.3, -0.25) is 9.59 Å². The molecule has 0 spiro atoms. The SMILES string of the molecule is CC(=O)CCC(=O)OCCCCCCCCOC(=O)CCC(C)=O. The van der Waals surface area contributed by atoms with Gasteiger partial charge in [0.15, 0.2) is 0 Å². The van der Waals surface area contributed by atoms with Gasteiger partial charge in [0.1, 0.15) is 11.6 Å². The summed E-state index contributed by atoms with van der Waals surface area (Å²) in [5, 5.41) is 0. The molecule has 0 N–H and O–H groups in total. The van der Waals surface area contributed by atoms with Crippen LogP contribution >= 0.6 is 0 Å². The number of hydrogen-bond donors (Lipinski definition) is 0. The highest BCUT2D eigenvalue weighted by molar-refractivity contribution is 5.81. The summed E-state index contributed by atoms with van der Waals surface area (Å²) in [5.74, 6) is -0.624. The highest BCUT2D eigenvalue weighted by atomic mass is 16.5. The van der Waals surface area contributed by atoms with Crippen LogP contribution in [0.4, 0.5) is 0 Å². The first-order valence-electron chi connectivity index (χ1n) is 8.72. The van der Waals surface area contributed by atoms with Gasteiger partial charge in [-0.2, -0.15) is 0 Å². The molecular formula is C18H30O6. The van der Waals surface area contributed by atoms with Crippen molar-refractivity contribution in [3.63, 3.8) is 0 Å². The summed E-state index contributed by atoms with van der Waals surface area (Å²) < 4.78 is 10.1. The lowest BCUT2D eigenvalue weighted by atomic mass is 10.1. The van der Waals surface area contributed by atoms with Crippen molar-refractivity contribution in [3.05, 3.63) is 0 Å². The van der Waals surface area contributed by atoms with E-state index in [4.69, 9.17) is 9.47 Å². The van der Waals surface area contributed by atoms with Gasteiger partial charge >= 0.3 is 11.9 Å². The highest BCUT2D eigenvalue weighted by Gasteiger charge is 2.05. The summed E-state index contributed by atoms with van der Waals surface area (Å²) in [7, 11) is 0. The van der Waals surface area contributed by atoms with E-state index < -0.39 is 0 Å². The van der Waals surface area contributed by atoms with Crippen LogP contribution < -0.4 is 0 Å². The van der Waals surface area contributed by atoms with Crippen molar-refractivity contribution >= 4 is 23.5 Å². The minimum atomic E-state index is -0.309. The lowest BCUT2D eigenvalue weighted by molar-refractivity contribution is -0.145. The van der Waals surface area contributed by atoms with Crippen LogP contribution in [0.3, 0.4) is 0 Å². The van der Waals surface area contributed by atoms with E-state index >= 15 is 0 Å². The fourth-order valence-corrected chi connectivity index (χ4v) is 1.98. The molecule has 0 heterocycles. The normalized spacial score (nSPS) is 10.2. The van der Waals surface area contributed by atoms with Crippen LogP contribution in [0.15, 0.2) is 0 Å². The molecule has 0 aliphatic carbocycles. The Morgan fingerprint density at radius 3 is 1.21 bits per heavy atom. The summed E-state index contributed by atoms with van der Waals surface area (Å²) in [6, 6.07) is 0. The van der Waals surface area contributed by atoms with E-state index in [0.29, 0.717) is 13.2 Å². The average Bonchev–Trinajstić information content (AvgIpc) is 2.52. The molecule has 0 atom stereocenters. The third-order valence-electron chi connectivity index (χ3n) is 3.43. The van der Waals surface area contributed by atoms with E-state index in [1.165, 1.54) is 13.8 Å². The second kappa shape index (κ2) is 14.8. The minimum Gasteiger partial charge on any atom is -0.466 e. The number of esters is 2. The second-order valence-corrected chi connectivity index (χ2v) is 5.97. The van der Waals surface area contributed by atoms with Gasteiger partial charge < -0.3 is 19.1 Å². The van der Waals surface area contributed by atoms with Gasteiger partial charge in [0, 0.05) is 12.8 Å². The largest absolute Gasteiger partial charge is 0.466 e. The van der Waals surface area contributed by atoms with Crippen LogP contribution in [0.1, 0.15) is 78.1 Å². The number of hydrogen-bond acceptors (Lipinski definition) is 6. The standard InChI is InChI=1S/C18H30O6/c1-15(19)9-11-17(21)23-13-7-5-3-4-6-8-14-24-18(22)12-10-16(2)20/h3-14H2,1-2H3. The second-order valence-electron chi connectivity index (χ2n) is 5.97. The number of ether oxygens (including phenoxy) is 2. The zero-order chi connectivity index (χ0) is 18.2. The van der Waals surface area contributed by atoms with Gasteiger partial charge in [-0.1, -0.05) is 25.7 Å². The van der Waals surface area contributed by atoms with Crippen molar-refractivity contribution < 1.29 is 28.7 Å². The zero-order valence-corrected chi connectivity index (χ0v) is 14.9. The predicted octanol–water partition coefficient (Wildman–Crippen LogP) is 3.15.